The molecule has 2 unspecified atom stereocenters. The number of nitrogens with one attached hydrogen (secondary N) is 1. The number of ether oxygens (including phenoxy) is 1. The molecule has 7 heteroatoms. The molecule has 0 aromatic rings. The van der Waals surface area contributed by atoms with Gasteiger partial charge in [-0.15, -0.1) is 0 Å². The van der Waals surface area contributed by atoms with Gasteiger partial charge in [-0.05, 0) is 121 Å². The predicted molar refractivity (Wildman–Crippen MR) is 229 cm³/mol. The zero-order chi connectivity index (χ0) is 39.6. The smallest absolute Gasteiger partial charge is 0.326 e. The van der Waals surface area contributed by atoms with Gasteiger partial charge < -0.3 is 20.9 Å². The van der Waals surface area contributed by atoms with E-state index in [1.54, 1.807) is 0 Å². The van der Waals surface area contributed by atoms with Gasteiger partial charge >= 0.3 is 11.9 Å². The van der Waals surface area contributed by atoms with Crippen LogP contribution >= 0.6 is 0 Å². The van der Waals surface area contributed by atoms with Crippen molar-refractivity contribution in [3.8, 4) is 0 Å². The third-order valence-corrected chi connectivity index (χ3v) is 7.99. The summed E-state index contributed by atoms with van der Waals surface area (Å²) in [6.07, 6.45) is 57.3. The van der Waals surface area contributed by atoms with Gasteiger partial charge in [0.25, 0.3) is 0 Å². The minimum Gasteiger partial charge on any atom is -0.480 e. The van der Waals surface area contributed by atoms with Crippen molar-refractivity contribution in [3.63, 3.8) is 0 Å². The normalized spacial score (nSPS) is 14.0. The van der Waals surface area contributed by atoms with Crippen LogP contribution in [0.1, 0.15) is 136 Å². The van der Waals surface area contributed by atoms with Crippen LogP contribution in [0.25, 0.3) is 0 Å². The van der Waals surface area contributed by atoms with Gasteiger partial charge in [0, 0.05) is 12.8 Å². The van der Waals surface area contributed by atoms with E-state index >= 15 is 0 Å². The van der Waals surface area contributed by atoms with Crippen LogP contribution in [0.3, 0.4) is 0 Å². The number of carbonyl (C=O) groups is 3. The van der Waals surface area contributed by atoms with Crippen LogP contribution in [-0.4, -0.2) is 41.6 Å². The van der Waals surface area contributed by atoms with E-state index in [2.05, 4.69) is 116 Å². The molecule has 0 heterocycles. The van der Waals surface area contributed by atoms with Gasteiger partial charge in [-0.25, -0.2) is 4.79 Å². The largest absolute Gasteiger partial charge is 0.480 e. The van der Waals surface area contributed by atoms with Gasteiger partial charge in [0.15, 0.2) is 0 Å². The second kappa shape index (κ2) is 40.0. The fourth-order valence-corrected chi connectivity index (χ4v) is 4.98. The molecule has 0 bridgehead atoms. The van der Waals surface area contributed by atoms with Gasteiger partial charge in [-0.1, -0.05) is 130 Å². The summed E-state index contributed by atoms with van der Waals surface area (Å²) < 4.78 is 5.75. The molecule has 7 nitrogen and oxygen atoms in total. The fraction of sp³-hybridized carbons (Fsp3) is 0.511. The van der Waals surface area contributed by atoms with Gasteiger partial charge in [0.2, 0.25) is 5.91 Å². The van der Waals surface area contributed by atoms with Crippen molar-refractivity contribution >= 4 is 17.8 Å². The first-order chi connectivity index (χ1) is 26.4. The van der Waals surface area contributed by atoms with Gasteiger partial charge in [-0.2, -0.15) is 0 Å². The first-order valence-corrected chi connectivity index (χ1v) is 20.4. The summed E-state index contributed by atoms with van der Waals surface area (Å²) in [6, 6.07) is -0.885. The average molecular weight is 745 g/mol. The second-order valence-electron chi connectivity index (χ2n) is 12.9. The highest BCUT2D eigenvalue weighted by Gasteiger charge is 2.18. The van der Waals surface area contributed by atoms with E-state index in [4.69, 9.17) is 10.5 Å². The molecule has 2 atom stereocenters. The quantitative estimate of drug-likeness (QED) is 0.0343. The van der Waals surface area contributed by atoms with Crippen LogP contribution < -0.4 is 11.1 Å². The lowest BCUT2D eigenvalue weighted by atomic mass is 10.1. The van der Waals surface area contributed by atoms with E-state index in [1.807, 2.05) is 24.3 Å². The van der Waals surface area contributed by atoms with Crippen molar-refractivity contribution < 1.29 is 24.2 Å². The first kappa shape index (κ1) is 49.8. The number of unbranched alkanes of at least 4 members (excludes halogenated alkanes) is 4. The van der Waals surface area contributed by atoms with Crippen molar-refractivity contribution in [2.24, 2.45) is 5.73 Å². The molecular weight excluding hydrogens is 673 g/mol. The van der Waals surface area contributed by atoms with Gasteiger partial charge in [-0.3, -0.25) is 9.59 Å². The van der Waals surface area contributed by atoms with Crippen LogP contribution in [0, 0.1) is 0 Å². The number of hydrogen-bond acceptors (Lipinski definition) is 5. The summed E-state index contributed by atoms with van der Waals surface area (Å²) in [7, 11) is 0. The number of carboxylic acids is 1. The maximum atomic E-state index is 12.6. The van der Waals surface area contributed by atoms with E-state index in [9.17, 15) is 19.5 Å². The summed E-state index contributed by atoms with van der Waals surface area (Å²) in [5.74, 6) is -1.48. The molecule has 4 N–H and O–H groups in total. The number of allylic oxidation sites excluding steroid dienone is 18. The third-order valence-electron chi connectivity index (χ3n) is 7.99. The number of hydrogen-bond donors (Lipinski definition) is 3. The van der Waals surface area contributed by atoms with E-state index in [-0.39, 0.29) is 11.9 Å². The molecule has 0 spiro atoms. The summed E-state index contributed by atoms with van der Waals surface area (Å²) in [5.41, 5.74) is 5.46. The number of rotatable bonds is 34. The van der Waals surface area contributed by atoms with Crippen LogP contribution in [0.5, 0.6) is 0 Å². The maximum absolute atomic E-state index is 12.6. The van der Waals surface area contributed by atoms with Crippen LogP contribution in [0.2, 0.25) is 0 Å². The monoisotopic (exact) mass is 745 g/mol. The Morgan fingerprint density at radius 2 is 1.02 bits per heavy atom. The highest BCUT2D eigenvalue weighted by atomic mass is 16.5. The lowest BCUT2D eigenvalue weighted by Crippen LogP contribution is -2.40. The molecule has 54 heavy (non-hydrogen) atoms. The van der Waals surface area contributed by atoms with Crippen LogP contribution in [-0.2, 0) is 19.1 Å². The lowest BCUT2D eigenvalue weighted by molar-refractivity contribution is -0.145. The van der Waals surface area contributed by atoms with E-state index in [0.29, 0.717) is 38.6 Å². The molecule has 0 aliphatic rings. The van der Waals surface area contributed by atoms with Crippen molar-refractivity contribution in [2.75, 3.05) is 6.54 Å². The SMILES string of the molecule is CC/C=C\C/C=C\C/C=C\C/C=C\C/C=C\C/C=C\C/C=C\CCCC(=O)OC(/C=C\C/C=C\CC)/C=C\CCCCCC(=O)NC(CCCN)C(=O)O. The van der Waals surface area contributed by atoms with Gasteiger partial charge in [0.1, 0.15) is 12.1 Å². The van der Waals surface area contributed by atoms with Crippen molar-refractivity contribution in [1.82, 2.24) is 5.32 Å². The minimum absolute atomic E-state index is 0.208. The number of carbonyl (C=O) groups excluding carboxylic acids is 2. The molecule has 1 amide bonds. The Hall–Kier alpha value is -4.23. The van der Waals surface area contributed by atoms with E-state index in [0.717, 1.165) is 89.9 Å². The zero-order valence-electron chi connectivity index (χ0n) is 33.5. The van der Waals surface area contributed by atoms with Crippen LogP contribution in [0.4, 0.5) is 0 Å². The topological polar surface area (TPSA) is 119 Å². The Kier molecular flexibility index (Phi) is 36.8. The number of nitrogens with two attached hydrogens (primary N) is 1. The average Bonchev–Trinajstić information content (AvgIpc) is 3.16. The molecule has 0 radical (unpaired) electrons. The number of amides is 1. The molecule has 0 aliphatic heterocycles. The molecule has 0 fully saturated rings. The highest BCUT2D eigenvalue weighted by molar-refractivity contribution is 5.83. The zero-order valence-corrected chi connectivity index (χ0v) is 33.5. The minimum atomic E-state index is -1.03. The molecule has 300 valence electrons. The Morgan fingerprint density at radius 3 is 1.52 bits per heavy atom. The molecule has 0 saturated carbocycles. The molecule has 0 rings (SSSR count). The first-order valence-electron chi connectivity index (χ1n) is 20.4. The van der Waals surface area contributed by atoms with E-state index in [1.165, 1.54) is 0 Å². The predicted octanol–water partition coefficient (Wildman–Crippen LogP) is 11.4. The van der Waals surface area contributed by atoms with Crippen molar-refractivity contribution in [1.29, 1.82) is 0 Å². The molecule has 0 aromatic carbocycles. The Labute approximate surface area is 328 Å². The lowest BCUT2D eigenvalue weighted by Gasteiger charge is -2.13. The van der Waals surface area contributed by atoms with Crippen molar-refractivity contribution in [3.05, 3.63) is 122 Å². The maximum Gasteiger partial charge on any atom is 0.326 e. The summed E-state index contributed by atoms with van der Waals surface area (Å²) in [5, 5.41) is 11.8. The Balaban J connectivity index is 4.29. The molecule has 0 saturated heterocycles. The summed E-state index contributed by atoms with van der Waals surface area (Å²) >= 11 is 0. The molecule has 0 aromatic heterocycles. The Morgan fingerprint density at radius 1 is 0.556 bits per heavy atom. The third kappa shape index (κ3) is 36.1. The number of carboxylic acid groups (broad SMARTS) is 1. The van der Waals surface area contributed by atoms with Gasteiger partial charge in [0.05, 0.1) is 0 Å². The van der Waals surface area contributed by atoms with Crippen LogP contribution in [0.15, 0.2) is 122 Å². The summed E-state index contributed by atoms with van der Waals surface area (Å²) in [4.78, 5) is 36.0. The number of aliphatic carboxylic acids is 1. The van der Waals surface area contributed by atoms with E-state index < -0.39 is 18.1 Å². The molecule has 0 aliphatic carbocycles. The second-order valence-corrected chi connectivity index (χ2v) is 12.9. The Bertz CT molecular complexity index is 1250. The standard InChI is InChI=1S/C47H72N2O5/c1-3-5-7-9-10-11-12-13-14-15-16-17-18-19-20-21-22-23-24-25-26-31-35-41-46(51)54-43(37-32-28-8-6-4-2)38-33-29-27-30-34-40-45(50)49-44(47(52)53)39-36-42-48/h5-8,10-11,13-14,16-17,19-20,22-23,25-26,32-33,37-38,43-44H,3-4,9,12,15,18,21,24,27-31,34-36,39-42,48H2,1-2H3,(H,49,50)(H,52,53)/b7-5-,8-6-,11-10-,14-13-,17-16-,20-19-,23-22-,26-25-,37-32-,38-33-. The number of esters is 1. The highest BCUT2D eigenvalue weighted by Crippen LogP contribution is 2.09. The fourth-order valence-electron chi connectivity index (χ4n) is 4.98. The summed E-state index contributed by atoms with van der Waals surface area (Å²) in [6.45, 7) is 4.64. The van der Waals surface area contributed by atoms with Crippen molar-refractivity contribution in [2.45, 2.75) is 148 Å². The molecular formula is C47H72N2O5.